The minimum Gasteiger partial charge on any atom is -0.242 e. The maximum atomic E-state index is 4.42. The van der Waals surface area contributed by atoms with Crippen molar-refractivity contribution in [2.24, 2.45) is 0 Å². The Morgan fingerprint density at radius 3 is 3.08 bits per heavy atom. The molecule has 67 valence electrons. The summed E-state index contributed by atoms with van der Waals surface area (Å²) < 4.78 is 1.29. The Morgan fingerprint density at radius 2 is 2.31 bits per heavy atom. The van der Waals surface area contributed by atoms with Crippen molar-refractivity contribution in [3.05, 3.63) is 35.7 Å². The highest BCUT2D eigenvalue weighted by Crippen LogP contribution is 2.22. The van der Waals surface area contributed by atoms with Crippen LogP contribution < -0.4 is 0 Å². The van der Waals surface area contributed by atoms with Crippen molar-refractivity contribution in [1.82, 2.24) is 4.98 Å². The molecular formula is C11H12NS. The molecule has 1 aromatic heterocycles. The molecule has 0 bridgehead atoms. The zero-order valence-corrected chi connectivity index (χ0v) is 8.53. The van der Waals surface area contributed by atoms with Gasteiger partial charge in [0.25, 0.3) is 0 Å². The lowest BCUT2D eigenvalue weighted by Gasteiger charge is -1.96. The highest BCUT2D eigenvalue weighted by molar-refractivity contribution is 7.18. The van der Waals surface area contributed by atoms with Gasteiger partial charge in [0, 0.05) is 0 Å². The van der Waals surface area contributed by atoms with Crippen LogP contribution >= 0.6 is 11.3 Å². The number of hydrogen-bond acceptors (Lipinski definition) is 2. The number of rotatable bonds is 2. The second-order valence-electron chi connectivity index (χ2n) is 3.14. The average molecular weight is 190 g/mol. The highest BCUT2D eigenvalue weighted by atomic mass is 32.1. The first kappa shape index (κ1) is 8.70. The van der Waals surface area contributed by atoms with Crippen LogP contribution in [-0.2, 0) is 6.42 Å². The molecule has 1 nitrogen and oxygen atoms in total. The summed E-state index contributed by atoms with van der Waals surface area (Å²) in [5.41, 5.74) is 2.49. The van der Waals surface area contributed by atoms with Crippen LogP contribution in [0, 0.1) is 13.8 Å². The monoisotopic (exact) mass is 190 g/mol. The summed E-state index contributed by atoms with van der Waals surface area (Å²) in [6.45, 7) is 5.90. The Kier molecular flexibility index (Phi) is 2.32. The van der Waals surface area contributed by atoms with Gasteiger partial charge in [-0.1, -0.05) is 13.0 Å². The largest absolute Gasteiger partial charge is 0.242 e. The Hall–Kier alpha value is -0.890. The van der Waals surface area contributed by atoms with Gasteiger partial charge in [-0.15, -0.1) is 11.3 Å². The lowest BCUT2D eigenvalue weighted by molar-refractivity contribution is 1.00. The van der Waals surface area contributed by atoms with Crippen LogP contribution in [0.2, 0.25) is 0 Å². The molecule has 0 aliphatic carbocycles. The third-order valence-corrected chi connectivity index (χ3v) is 2.96. The minimum atomic E-state index is 0.962. The van der Waals surface area contributed by atoms with E-state index in [-0.39, 0.29) is 0 Å². The van der Waals surface area contributed by atoms with E-state index >= 15 is 0 Å². The Balaban J connectivity index is 2.48. The summed E-state index contributed by atoms with van der Waals surface area (Å²) in [6, 6.07) is 6.47. The van der Waals surface area contributed by atoms with Gasteiger partial charge in [0.1, 0.15) is 0 Å². The number of thiazole rings is 1. The van der Waals surface area contributed by atoms with E-state index in [0.717, 1.165) is 23.4 Å². The number of fused-ring (bicyclic) bond motifs is 1. The van der Waals surface area contributed by atoms with E-state index in [1.165, 1.54) is 10.3 Å². The lowest BCUT2D eigenvalue weighted by atomic mass is 10.1. The van der Waals surface area contributed by atoms with Gasteiger partial charge < -0.3 is 0 Å². The SMILES string of the molecule is [CH2]CCc1ccc2nc(C)sc2c1. The van der Waals surface area contributed by atoms with Gasteiger partial charge in [0.15, 0.2) is 0 Å². The van der Waals surface area contributed by atoms with Gasteiger partial charge in [-0.3, -0.25) is 0 Å². The zero-order valence-electron chi connectivity index (χ0n) is 7.71. The van der Waals surface area contributed by atoms with Gasteiger partial charge in [0.05, 0.1) is 15.2 Å². The van der Waals surface area contributed by atoms with Crippen LogP contribution in [0.4, 0.5) is 0 Å². The van der Waals surface area contributed by atoms with Crippen molar-refractivity contribution in [2.45, 2.75) is 19.8 Å². The van der Waals surface area contributed by atoms with Gasteiger partial charge in [-0.25, -0.2) is 4.98 Å². The Labute approximate surface area is 82.4 Å². The molecule has 0 unspecified atom stereocenters. The predicted octanol–water partition coefficient (Wildman–Crippen LogP) is 3.37. The van der Waals surface area contributed by atoms with E-state index in [0.29, 0.717) is 0 Å². The van der Waals surface area contributed by atoms with Gasteiger partial charge in [0.2, 0.25) is 0 Å². The molecule has 1 heterocycles. The normalized spacial score (nSPS) is 10.9. The molecule has 1 aromatic carbocycles. The van der Waals surface area contributed by atoms with Crippen LogP contribution in [0.15, 0.2) is 18.2 Å². The molecular weight excluding hydrogens is 178 g/mol. The topological polar surface area (TPSA) is 12.9 Å². The summed E-state index contributed by atoms with van der Waals surface area (Å²) >= 11 is 1.76. The zero-order chi connectivity index (χ0) is 9.26. The quantitative estimate of drug-likeness (QED) is 0.707. The third kappa shape index (κ3) is 1.73. The van der Waals surface area contributed by atoms with E-state index < -0.39 is 0 Å². The fraction of sp³-hybridized carbons (Fsp3) is 0.273. The van der Waals surface area contributed by atoms with E-state index in [1.807, 2.05) is 6.92 Å². The number of nitrogens with zero attached hydrogens (tertiary/aromatic N) is 1. The second kappa shape index (κ2) is 3.46. The molecule has 2 heteroatoms. The average Bonchev–Trinajstić information content (AvgIpc) is 2.44. The summed E-state index contributed by atoms with van der Waals surface area (Å²) in [6.07, 6.45) is 2.02. The molecule has 0 fully saturated rings. The van der Waals surface area contributed by atoms with Crippen LogP contribution in [-0.4, -0.2) is 4.98 Å². The second-order valence-corrected chi connectivity index (χ2v) is 4.37. The smallest absolute Gasteiger partial charge is 0.0907 e. The third-order valence-electron chi connectivity index (χ3n) is 2.03. The van der Waals surface area contributed by atoms with Gasteiger partial charge >= 0.3 is 0 Å². The lowest BCUT2D eigenvalue weighted by Crippen LogP contribution is -1.81. The Morgan fingerprint density at radius 1 is 1.46 bits per heavy atom. The molecule has 0 aliphatic heterocycles. The van der Waals surface area contributed by atoms with E-state index in [2.05, 4.69) is 30.1 Å². The summed E-state index contributed by atoms with van der Waals surface area (Å²) in [5, 5.41) is 1.14. The summed E-state index contributed by atoms with van der Waals surface area (Å²) in [5.74, 6) is 0. The summed E-state index contributed by atoms with van der Waals surface area (Å²) in [4.78, 5) is 4.42. The van der Waals surface area contributed by atoms with E-state index in [9.17, 15) is 0 Å². The molecule has 0 saturated heterocycles. The first-order valence-electron chi connectivity index (χ1n) is 4.45. The molecule has 0 amide bonds. The number of benzene rings is 1. The molecule has 0 saturated carbocycles. The fourth-order valence-electron chi connectivity index (χ4n) is 1.44. The molecule has 0 aliphatic rings. The van der Waals surface area contributed by atoms with Crippen LogP contribution in [0.1, 0.15) is 17.0 Å². The van der Waals surface area contributed by atoms with Crippen molar-refractivity contribution in [3.63, 3.8) is 0 Å². The van der Waals surface area contributed by atoms with E-state index in [4.69, 9.17) is 0 Å². The first-order chi connectivity index (χ1) is 6.29. The predicted molar refractivity (Wildman–Crippen MR) is 58.0 cm³/mol. The molecule has 1 radical (unpaired) electrons. The van der Waals surface area contributed by atoms with Crippen molar-refractivity contribution in [1.29, 1.82) is 0 Å². The van der Waals surface area contributed by atoms with Crippen molar-refractivity contribution in [2.75, 3.05) is 0 Å². The maximum Gasteiger partial charge on any atom is 0.0907 e. The molecule has 2 rings (SSSR count). The summed E-state index contributed by atoms with van der Waals surface area (Å²) in [7, 11) is 0. The first-order valence-corrected chi connectivity index (χ1v) is 5.26. The number of aromatic nitrogens is 1. The van der Waals surface area contributed by atoms with Crippen LogP contribution in [0.25, 0.3) is 10.2 Å². The molecule has 13 heavy (non-hydrogen) atoms. The molecule has 2 aromatic rings. The van der Waals surface area contributed by atoms with E-state index in [1.54, 1.807) is 11.3 Å². The minimum absolute atomic E-state index is 0.962. The van der Waals surface area contributed by atoms with Crippen LogP contribution in [0.5, 0.6) is 0 Å². The number of hydrogen-bond donors (Lipinski definition) is 0. The Bertz CT molecular complexity index is 417. The van der Waals surface area contributed by atoms with Crippen molar-refractivity contribution in [3.8, 4) is 0 Å². The van der Waals surface area contributed by atoms with Gasteiger partial charge in [-0.05, 0) is 37.5 Å². The van der Waals surface area contributed by atoms with Crippen molar-refractivity contribution >= 4 is 21.6 Å². The number of aryl methyl sites for hydroxylation is 2. The molecule has 0 atom stereocenters. The fourth-order valence-corrected chi connectivity index (χ4v) is 2.33. The maximum absolute atomic E-state index is 4.42. The van der Waals surface area contributed by atoms with Crippen LogP contribution in [0.3, 0.4) is 0 Å². The molecule has 0 spiro atoms. The van der Waals surface area contributed by atoms with Crippen molar-refractivity contribution < 1.29 is 0 Å². The molecule has 0 N–H and O–H groups in total. The van der Waals surface area contributed by atoms with Gasteiger partial charge in [-0.2, -0.15) is 0 Å². The highest BCUT2D eigenvalue weighted by Gasteiger charge is 2.00. The standard InChI is InChI=1S/C11H12NS/c1-3-4-9-5-6-10-11(7-9)13-8(2)12-10/h5-7H,1,3-4H2,2H3.